The first-order valence-corrected chi connectivity index (χ1v) is 18.3. The smallest absolute Gasteiger partial charge is 0.475 e. The van der Waals surface area contributed by atoms with Crippen LogP contribution in [0.15, 0.2) is 144 Å². The first kappa shape index (κ1) is 34.9. The topological polar surface area (TPSA) is 104 Å². The Morgan fingerprint density at radius 3 is 2.06 bits per heavy atom. The van der Waals surface area contributed by atoms with E-state index in [1.165, 1.54) is 0 Å². The lowest BCUT2D eigenvalue weighted by molar-refractivity contribution is 0.0927. The zero-order chi connectivity index (χ0) is 36.1. The number of aryl methyl sites for hydroxylation is 2. The van der Waals surface area contributed by atoms with Crippen molar-refractivity contribution in [2.24, 2.45) is 4.99 Å². The van der Waals surface area contributed by atoms with Gasteiger partial charge in [-0.2, -0.15) is 0 Å². The fourth-order valence-electron chi connectivity index (χ4n) is 6.10. The lowest BCUT2D eigenvalue weighted by Crippen LogP contribution is -2.19. The molecule has 1 N–H and O–H groups in total. The summed E-state index contributed by atoms with van der Waals surface area (Å²) in [6.07, 6.45) is 3.79. The van der Waals surface area contributed by atoms with Crippen LogP contribution < -0.4 is 0 Å². The summed E-state index contributed by atoms with van der Waals surface area (Å²) in [6, 6.07) is 37.6. The summed E-state index contributed by atoms with van der Waals surface area (Å²) in [7, 11) is -2.50. The Balaban J connectivity index is 1.21. The van der Waals surface area contributed by atoms with Gasteiger partial charge in [0.05, 0.1) is 43.9 Å². The van der Waals surface area contributed by atoms with Crippen molar-refractivity contribution in [3.05, 3.63) is 184 Å². The molecule has 7 rings (SSSR count). The molecule has 0 spiro atoms. The average molecular weight is 712 g/mol. The van der Waals surface area contributed by atoms with E-state index in [1.54, 1.807) is 35.9 Å². The van der Waals surface area contributed by atoms with Crippen LogP contribution in [0.3, 0.4) is 0 Å². The van der Waals surface area contributed by atoms with Crippen LogP contribution in [-0.2, 0) is 42.7 Å². The van der Waals surface area contributed by atoms with Gasteiger partial charge in [0.1, 0.15) is 11.5 Å². The predicted molar refractivity (Wildman–Crippen MR) is 203 cm³/mol. The van der Waals surface area contributed by atoms with Crippen molar-refractivity contribution in [2.75, 3.05) is 7.11 Å². The van der Waals surface area contributed by atoms with E-state index >= 15 is 0 Å². The summed E-state index contributed by atoms with van der Waals surface area (Å²) in [5.74, 6) is 0.283. The van der Waals surface area contributed by atoms with Crippen molar-refractivity contribution in [1.29, 1.82) is 0 Å². The van der Waals surface area contributed by atoms with Crippen molar-refractivity contribution in [3.8, 4) is 0 Å². The normalized spacial score (nSPS) is 13.8. The van der Waals surface area contributed by atoms with Gasteiger partial charge >= 0.3 is 7.82 Å². The summed E-state index contributed by atoms with van der Waals surface area (Å²) in [4.78, 5) is 23.0. The molecule has 1 aliphatic rings. The zero-order valence-corrected chi connectivity index (χ0v) is 30.0. The van der Waals surface area contributed by atoms with Gasteiger partial charge in [-0.05, 0) is 66.4 Å². The number of phosphoric acid groups is 1. The number of phosphoric ester groups is 1. The molecule has 0 saturated carbocycles. The minimum absolute atomic E-state index is 0.0186. The molecule has 1 aliphatic heterocycles. The number of carbonyl (C=O) groups excluding carboxylic acids is 1. The molecule has 4 aromatic carbocycles. The van der Waals surface area contributed by atoms with Crippen LogP contribution in [0, 0.1) is 13.8 Å². The molecule has 9 nitrogen and oxygen atoms in total. The molecule has 6 aromatic rings. The number of methoxy groups -OCH3 is 1. The third-order valence-electron chi connectivity index (χ3n) is 8.72. The molecular formula is C42H38N3O6P. The number of nitrogens with one attached hydrogen (secondary N) is 1. The number of fused-ring (bicyclic) bond motifs is 1. The van der Waals surface area contributed by atoms with E-state index in [0.717, 1.165) is 33.5 Å². The molecule has 0 saturated heterocycles. The highest BCUT2D eigenvalue weighted by atomic mass is 31.2. The third-order valence-corrected chi connectivity index (χ3v) is 10.1. The molecule has 3 heterocycles. The van der Waals surface area contributed by atoms with Crippen molar-refractivity contribution in [1.82, 2.24) is 9.55 Å². The molecule has 0 fully saturated rings. The number of aromatic nitrogens is 2. The highest BCUT2D eigenvalue weighted by molar-refractivity contribution is 7.48. The van der Waals surface area contributed by atoms with Crippen LogP contribution in [0.4, 0.5) is 0 Å². The number of para-hydroxylation sites is 1. The van der Waals surface area contributed by atoms with E-state index in [4.69, 9.17) is 23.3 Å². The Morgan fingerprint density at radius 2 is 1.40 bits per heavy atom. The maximum absolute atomic E-state index is 14.7. The van der Waals surface area contributed by atoms with Gasteiger partial charge in [-0.3, -0.25) is 22.9 Å². The van der Waals surface area contributed by atoms with Gasteiger partial charge in [-0.15, -0.1) is 0 Å². The number of benzene rings is 4. The molecule has 52 heavy (non-hydrogen) atoms. The maximum Gasteiger partial charge on any atom is 0.475 e. The SMILES string of the molecule is COC1=CC(c2cc3ccccc3n2C(=O)c2ccccc2COP(=O)(OCc2ccccc2)OCc2ccccc2)=N/C1=C/c1[nH]c(C)cc1C. The number of hydrogen-bond donors (Lipinski definition) is 1. The number of aromatic amines is 1. The van der Waals surface area contributed by atoms with E-state index in [0.29, 0.717) is 39.5 Å². The second-order valence-corrected chi connectivity index (χ2v) is 14.1. The third kappa shape index (κ3) is 7.68. The van der Waals surface area contributed by atoms with E-state index in [-0.39, 0.29) is 25.7 Å². The summed E-state index contributed by atoms with van der Waals surface area (Å²) >= 11 is 0. The van der Waals surface area contributed by atoms with E-state index in [9.17, 15) is 9.36 Å². The quantitative estimate of drug-likeness (QED) is 0.120. The molecule has 0 amide bonds. The van der Waals surface area contributed by atoms with Gasteiger partial charge in [-0.1, -0.05) is 97.1 Å². The zero-order valence-electron chi connectivity index (χ0n) is 29.1. The van der Waals surface area contributed by atoms with Crippen LogP contribution in [0.1, 0.15) is 49.7 Å². The number of allylic oxidation sites excluding steroid dienone is 1. The maximum atomic E-state index is 14.7. The second-order valence-electron chi connectivity index (χ2n) is 12.4. The van der Waals surface area contributed by atoms with Crippen LogP contribution >= 0.6 is 7.82 Å². The van der Waals surface area contributed by atoms with E-state index in [2.05, 4.69) is 11.1 Å². The van der Waals surface area contributed by atoms with Crippen molar-refractivity contribution < 1.29 is 27.7 Å². The molecule has 262 valence electrons. The minimum Gasteiger partial charge on any atom is -0.494 e. The molecule has 10 heteroatoms. The summed E-state index contributed by atoms with van der Waals surface area (Å²) in [6.45, 7) is 3.88. The van der Waals surface area contributed by atoms with Crippen LogP contribution in [0.5, 0.6) is 0 Å². The van der Waals surface area contributed by atoms with Gasteiger partial charge in [0.25, 0.3) is 5.91 Å². The molecule has 0 bridgehead atoms. The second kappa shape index (κ2) is 15.4. The monoisotopic (exact) mass is 711 g/mol. The van der Waals surface area contributed by atoms with Gasteiger partial charge < -0.3 is 9.72 Å². The van der Waals surface area contributed by atoms with Crippen molar-refractivity contribution in [2.45, 2.75) is 33.7 Å². The first-order chi connectivity index (χ1) is 25.3. The average Bonchev–Trinajstić information content (AvgIpc) is 3.87. The van der Waals surface area contributed by atoms with Gasteiger partial charge in [0, 0.05) is 28.4 Å². The lowest BCUT2D eigenvalue weighted by Gasteiger charge is -2.19. The standard InChI is InChI=1S/C42H38N3O6P/c1-29-22-30(2)43-36(29)24-38-41(48-3)25-37(44-38)40-23-33-18-11-13-21-39(33)45(40)42(46)35-20-12-10-19-34(35)28-51-52(47,49-26-31-14-6-4-7-15-31)50-27-32-16-8-5-9-17-32/h4-25,43H,26-28H2,1-3H3/b38-24+. The molecule has 0 radical (unpaired) electrons. The molecule has 0 aliphatic carbocycles. The highest BCUT2D eigenvalue weighted by Crippen LogP contribution is 2.52. The largest absolute Gasteiger partial charge is 0.494 e. The van der Waals surface area contributed by atoms with Crippen molar-refractivity contribution in [3.63, 3.8) is 0 Å². The number of hydrogen-bond acceptors (Lipinski definition) is 7. The Kier molecular flexibility index (Phi) is 10.3. The number of ether oxygens (including phenoxy) is 1. The molecule has 2 aromatic heterocycles. The Morgan fingerprint density at radius 1 is 0.788 bits per heavy atom. The summed E-state index contributed by atoms with van der Waals surface area (Å²) < 4.78 is 39.1. The highest BCUT2D eigenvalue weighted by Gasteiger charge is 2.30. The Labute approximate surface area is 302 Å². The van der Waals surface area contributed by atoms with Gasteiger partial charge in [0.2, 0.25) is 0 Å². The molecular weight excluding hydrogens is 673 g/mol. The van der Waals surface area contributed by atoms with Crippen LogP contribution in [-0.4, -0.2) is 28.3 Å². The minimum atomic E-state index is -4.11. The number of rotatable bonds is 13. The van der Waals surface area contributed by atoms with Crippen LogP contribution in [0.2, 0.25) is 0 Å². The van der Waals surface area contributed by atoms with Gasteiger partial charge in [-0.25, -0.2) is 9.56 Å². The summed E-state index contributed by atoms with van der Waals surface area (Å²) in [5.41, 5.74) is 8.11. The van der Waals surface area contributed by atoms with Gasteiger partial charge in [0.15, 0.2) is 0 Å². The number of nitrogens with zero attached hydrogens (tertiary/aromatic N) is 2. The van der Waals surface area contributed by atoms with E-state index < -0.39 is 7.82 Å². The van der Waals surface area contributed by atoms with Crippen molar-refractivity contribution >= 4 is 36.4 Å². The molecule has 0 atom stereocenters. The fraction of sp³-hybridized carbons (Fsp3) is 0.143. The predicted octanol–water partition coefficient (Wildman–Crippen LogP) is 9.71. The fourth-order valence-corrected chi connectivity index (χ4v) is 7.24. The Bertz CT molecular complexity index is 2330. The lowest BCUT2D eigenvalue weighted by atomic mass is 10.1. The first-order valence-electron chi connectivity index (χ1n) is 16.9. The number of H-pyrrole nitrogens is 1. The number of carbonyl (C=O) groups is 1. The van der Waals surface area contributed by atoms with E-state index in [1.807, 2.05) is 117 Å². The Hall–Kier alpha value is -5.57. The van der Waals surface area contributed by atoms with Crippen LogP contribution in [0.25, 0.3) is 17.0 Å². The molecule has 0 unspecified atom stereocenters. The summed E-state index contributed by atoms with van der Waals surface area (Å²) in [5, 5.41) is 0.871. The number of aliphatic imine (C=N–C) groups is 1.